The van der Waals surface area contributed by atoms with Crippen molar-refractivity contribution in [1.29, 1.82) is 0 Å². The molecule has 0 saturated heterocycles. The fourth-order valence-corrected chi connectivity index (χ4v) is 3.58. The van der Waals surface area contributed by atoms with Gasteiger partial charge in [-0.1, -0.05) is 48.6 Å². The summed E-state index contributed by atoms with van der Waals surface area (Å²) in [7, 11) is 0. The number of thioether (sulfide) groups is 2. The van der Waals surface area contributed by atoms with Crippen LogP contribution in [0.5, 0.6) is 0 Å². The molecule has 3 nitrogen and oxygen atoms in total. The zero-order valence-corrected chi connectivity index (χ0v) is 13.7. The predicted molar refractivity (Wildman–Crippen MR) is 89.8 cm³/mol. The van der Waals surface area contributed by atoms with E-state index < -0.39 is 0 Å². The monoisotopic (exact) mass is 308 g/mol. The van der Waals surface area contributed by atoms with Crippen LogP contribution < -0.4 is 5.32 Å². The van der Waals surface area contributed by atoms with Gasteiger partial charge in [0.25, 0.3) is 0 Å². The van der Waals surface area contributed by atoms with E-state index in [-0.39, 0.29) is 11.4 Å². The van der Waals surface area contributed by atoms with Gasteiger partial charge < -0.3 is 5.32 Å². The van der Waals surface area contributed by atoms with Crippen LogP contribution in [0.3, 0.4) is 0 Å². The predicted octanol–water partition coefficient (Wildman–Crippen LogP) is 3.96. The maximum absolute atomic E-state index is 11.9. The smallest absolute Gasteiger partial charge is 0.230 e. The quantitative estimate of drug-likeness (QED) is 0.915. The highest BCUT2D eigenvalue weighted by molar-refractivity contribution is 8.38. The first-order valence-corrected chi connectivity index (χ1v) is 8.70. The third-order valence-electron chi connectivity index (χ3n) is 3.24. The van der Waals surface area contributed by atoms with Crippen molar-refractivity contribution >= 4 is 39.5 Å². The molecule has 0 aliphatic carbocycles. The highest BCUT2D eigenvalue weighted by Crippen LogP contribution is 2.34. The van der Waals surface area contributed by atoms with E-state index >= 15 is 0 Å². The molecular formula is C15H20N2OS2. The Morgan fingerprint density at radius 3 is 2.95 bits per heavy atom. The summed E-state index contributed by atoms with van der Waals surface area (Å²) in [4.78, 5) is 16.5. The Morgan fingerprint density at radius 2 is 2.20 bits per heavy atom. The lowest BCUT2D eigenvalue weighted by molar-refractivity contribution is -0.120. The minimum Gasteiger partial charge on any atom is -0.351 e. The van der Waals surface area contributed by atoms with Crippen LogP contribution in [0.4, 0.5) is 5.69 Å². The minimum atomic E-state index is -0.133. The van der Waals surface area contributed by atoms with Gasteiger partial charge in [-0.15, -0.1) is 0 Å². The molecule has 1 N–H and O–H groups in total. The summed E-state index contributed by atoms with van der Waals surface area (Å²) in [5, 5.41) is 3.04. The molecule has 20 heavy (non-hydrogen) atoms. The van der Waals surface area contributed by atoms with Crippen molar-refractivity contribution in [3.8, 4) is 0 Å². The van der Waals surface area contributed by atoms with Gasteiger partial charge in [0.05, 0.1) is 11.4 Å². The lowest BCUT2D eigenvalue weighted by Crippen LogP contribution is -2.43. The fraction of sp³-hybridized carbons (Fsp3) is 0.467. The van der Waals surface area contributed by atoms with E-state index in [4.69, 9.17) is 0 Å². The summed E-state index contributed by atoms with van der Waals surface area (Å²) in [6.07, 6.45) is 0.923. The van der Waals surface area contributed by atoms with Crippen LogP contribution in [0.1, 0.15) is 32.8 Å². The number of amides is 1. The van der Waals surface area contributed by atoms with E-state index in [0.717, 1.165) is 22.2 Å². The highest BCUT2D eigenvalue weighted by Gasteiger charge is 2.19. The first-order valence-electron chi connectivity index (χ1n) is 6.73. The van der Waals surface area contributed by atoms with Gasteiger partial charge in [0.1, 0.15) is 4.38 Å². The van der Waals surface area contributed by atoms with E-state index in [9.17, 15) is 4.79 Å². The molecule has 0 spiro atoms. The normalized spacial score (nSPS) is 14.4. The van der Waals surface area contributed by atoms with Gasteiger partial charge in [0.15, 0.2) is 0 Å². The van der Waals surface area contributed by atoms with Crippen molar-refractivity contribution in [3.63, 3.8) is 0 Å². The van der Waals surface area contributed by atoms with E-state index in [2.05, 4.69) is 23.3 Å². The van der Waals surface area contributed by atoms with Crippen molar-refractivity contribution in [2.75, 3.05) is 5.75 Å². The van der Waals surface area contributed by atoms with Crippen LogP contribution >= 0.6 is 23.5 Å². The SMILES string of the molecule is CCC(C)(C)NC(=O)CSC1=Nc2ccccc2CS1. The lowest BCUT2D eigenvalue weighted by atomic mass is 10.0. The average Bonchev–Trinajstić information content (AvgIpc) is 2.44. The zero-order valence-electron chi connectivity index (χ0n) is 12.1. The maximum Gasteiger partial charge on any atom is 0.230 e. The summed E-state index contributed by atoms with van der Waals surface area (Å²) >= 11 is 3.23. The standard InChI is InChI=1S/C15H20N2OS2/c1-4-15(2,3)17-13(18)10-20-14-16-12-8-6-5-7-11(12)9-19-14/h5-8H,4,9-10H2,1-3H3,(H,17,18). The summed E-state index contributed by atoms with van der Waals surface area (Å²) in [6.45, 7) is 6.16. The molecule has 0 bridgehead atoms. The Labute approximate surface area is 129 Å². The Balaban J connectivity index is 1.90. The first-order chi connectivity index (χ1) is 9.50. The minimum absolute atomic E-state index is 0.0732. The van der Waals surface area contributed by atoms with Crippen molar-refractivity contribution in [2.45, 2.75) is 38.5 Å². The summed E-state index contributed by atoms with van der Waals surface area (Å²) in [6, 6.07) is 8.16. The third-order valence-corrected chi connectivity index (χ3v) is 5.49. The molecule has 1 heterocycles. The number of benzene rings is 1. The number of rotatable bonds is 4. The zero-order chi connectivity index (χ0) is 14.6. The maximum atomic E-state index is 11.9. The summed E-state index contributed by atoms with van der Waals surface area (Å²) in [5.41, 5.74) is 2.16. The van der Waals surface area contributed by atoms with Crippen LogP contribution in [0.2, 0.25) is 0 Å². The molecule has 0 saturated carbocycles. The van der Waals surface area contributed by atoms with E-state index in [0.29, 0.717) is 5.75 Å². The Morgan fingerprint density at radius 1 is 1.45 bits per heavy atom. The molecule has 0 aromatic heterocycles. The largest absolute Gasteiger partial charge is 0.351 e. The van der Waals surface area contributed by atoms with Crippen molar-refractivity contribution < 1.29 is 4.79 Å². The number of nitrogens with one attached hydrogen (secondary N) is 1. The second-order valence-electron chi connectivity index (χ2n) is 5.37. The number of carbonyl (C=O) groups excluding carboxylic acids is 1. The molecule has 5 heteroatoms. The Hall–Kier alpha value is -0.940. The molecule has 1 aromatic carbocycles. The molecule has 0 atom stereocenters. The highest BCUT2D eigenvalue weighted by atomic mass is 32.2. The van der Waals surface area contributed by atoms with Gasteiger partial charge >= 0.3 is 0 Å². The molecule has 1 aliphatic heterocycles. The van der Waals surface area contributed by atoms with Crippen molar-refractivity contribution in [3.05, 3.63) is 29.8 Å². The van der Waals surface area contributed by atoms with Crippen molar-refractivity contribution in [2.24, 2.45) is 4.99 Å². The number of hydrogen-bond donors (Lipinski definition) is 1. The number of fused-ring (bicyclic) bond motifs is 1. The number of carbonyl (C=O) groups is 1. The van der Waals surface area contributed by atoms with E-state index in [1.165, 1.54) is 17.3 Å². The third kappa shape index (κ3) is 4.28. The molecule has 0 radical (unpaired) electrons. The van der Waals surface area contributed by atoms with Crippen LogP contribution in [-0.4, -0.2) is 21.6 Å². The van der Waals surface area contributed by atoms with Gasteiger partial charge in [-0.3, -0.25) is 4.79 Å². The topological polar surface area (TPSA) is 41.5 Å². The fourth-order valence-electron chi connectivity index (χ4n) is 1.72. The first kappa shape index (κ1) is 15.4. The van der Waals surface area contributed by atoms with Crippen LogP contribution in [0, 0.1) is 0 Å². The van der Waals surface area contributed by atoms with Crippen LogP contribution in [0.25, 0.3) is 0 Å². The second kappa shape index (κ2) is 6.68. The van der Waals surface area contributed by atoms with Gasteiger partial charge in [-0.2, -0.15) is 0 Å². The summed E-state index contributed by atoms with van der Waals surface area (Å²) in [5.74, 6) is 1.44. The van der Waals surface area contributed by atoms with Crippen LogP contribution in [0.15, 0.2) is 29.3 Å². The van der Waals surface area contributed by atoms with E-state index in [1.807, 2.05) is 32.0 Å². The average molecular weight is 308 g/mol. The number of para-hydroxylation sites is 1. The Kier molecular flexibility index (Phi) is 5.16. The molecule has 2 rings (SSSR count). The summed E-state index contributed by atoms with van der Waals surface area (Å²) < 4.78 is 0.980. The van der Waals surface area contributed by atoms with Gasteiger partial charge in [-0.05, 0) is 31.9 Å². The molecule has 108 valence electrons. The van der Waals surface area contributed by atoms with Gasteiger partial charge in [0, 0.05) is 11.3 Å². The van der Waals surface area contributed by atoms with Gasteiger partial charge in [0.2, 0.25) is 5.91 Å². The number of hydrogen-bond acceptors (Lipinski definition) is 4. The van der Waals surface area contributed by atoms with E-state index in [1.54, 1.807) is 11.8 Å². The van der Waals surface area contributed by atoms with Crippen molar-refractivity contribution in [1.82, 2.24) is 5.32 Å². The van der Waals surface area contributed by atoms with Crippen LogP contribution in [-0.2, 0) is 10.5 Å². The molecule has 1 aromatic rings. The molecular weight excluding hydrogens is 288 g/mol. The van der Waals surface area contributed by atoms with Gasteiger partial charge in [-0.25, -0.2) is 4.99 Å². The molecule has 0 fully saturated rings. The molecule has 1 aliphatic rings. The Bertz CT molecular complexity index is 526. The number of nitrogens with zero attached hydrogens (tertiary/aromatic N) is 1. The second-order valence-corrected chi connectivity index (χ2v) is 7.56. The molecule has 1 amide bonds. The number of aliphatic imine (C=N–C) groups is 1. The molecule has 0 unspecified atom stereocenters. The lowest BCUT2D eigenvalue weighted by Gasteiger charge is -2.24.